The molecule has 0 saturated carbocycles. The van der Waals surface area contributed by atoms with E-state index in [4.69, 9.17) is 0 Å². The van der Waals surface area contributed by atoms with Gasteiger partial charge in [-0.3, -0.25) is 4.72 Å². The van der Waals surface area contributed by atoms with Crippen molar-refractivity contribution in [2.45, 2.75) is 43.5 Å². The van der Waals surface area contributed by atoms with Crippen LogP contribution in [0.15, 0.2) is 29.3 Å². The summed E-state index contributed by atoms with van der Waals surface area (Å²) in [5.41, 5.74) is 0.166. The first-order valence-corrected chi connectivity index (χ1v) is 12.1. The highest BCUT2D eigenvalue weighted by Crippen LogP contribution is 2.36. The minimum atomic E-state index is -3.63. The van der Waals surface area contributed by atoms with E-state index >= 15 is 0 Å². The number of rotatable bonds is 10. The van der Waals surface area contributed by atoms with Crippen LogP contribution in [-0.4, -0.2) is 42.4 Å². The number of anilines is 2. The quantitative estimate of drug-likeness (QED) is 0.366. The number of sulfonamides is 1. The fourth-order valence-corrected chi connectivity index (χ4v) is 4.22. The van der Waals surface area contributed by atoms with Crippen LogP contribution in [0, 0.1) is 17.6 Å². The highest BCUT2D eigenvalue weighted by atomic mass is 32.2. The predicted octanol–water partition coefficient (Wildman–Crippen LogP) is 3.80. The van der Waals surface area contributed by atoms with Gasteiger partial charge in [0.1, 0.15) is 10.8 Å². The molecule has 0 radical (unpaired) electrons. The molecular weight excluding hydrogens is 434 g/mol. The number of aliphatic hydroxyl groups is 1. The van der Waals surface area contributed by atoms with E-state index in [1.165, 1.54) is 12.1 Å². The first kappa shape index (κ1) is 24.3. The number of nitrogens with one attached hydrogen (secondary N) is 2. The summed E-state index contributed by atoms with van der Waals surface area (Å²) in [7, 11) is -3.63. The van der Waals surface area contributed by atoms with Gasteiger partial charge in [-0.1, -0.05) is 37.7 Å². The maximum absolute atomic E-state index is 14.1. The summed E-state index contributed by atoms with van der Waals surface area (Å²) in [6.07, 6.45) is 1.64. The molecule has 2 rings (SSSR count). The Kier molecular flexibility index (Phi) is 8.39. The van der Waals surface area contributed by atoms with Crippen LogP contribution < -0.4 is 10.0 Å². The highest BCUT2D eigenvalue weighted by Gasteiger charge is 2.19. The zero-order valence-corrected chi connectivity index (χ0v) is 18.8. The summed E-state index contributed by atoms with van der Waals surface area (Å²) in [5.74, 6) is -1.40. The zero-order valence-electron chi connectivity index (χ0n) is 17.2. The zero-order chi connectivity index (χ0) is 22.5. The van der Waals surface area contributed by atoms with Crippen LogP contribution in [0.1, 0.15) is 38.0 Å². The van der Waals surface area contributed by atoms with E-state index in [1.54, 1.807) is 13.0 Å². The van der Waals surface area contributed by atoms with E-state index in [1.807, 2.05) is 13.8 Å². The van der Waals surface area contributed by atoms with Crippen molar-refractivity contribution < 1.29 is 22.3 Å². The van der Waals surface area contributed by atoms with Crippen LogP contribution in [0.3, 0.4) is 0 Å². The van der Waals surface area contributed by atoms with Crippen LogP contribution in [-0.2, 0) is 10.0 Å². The molecule has 30 heavy (non-hydrogen) atoms. The van der Waals surface area contributed by atoms with Crippen LogP contribution in [0.4, 0.5) is 20.5 Å². The monoisotopic (exact) mass is 460 g/mol. The maximum atomic E-state index is 14.1. The lowest BCUT2D eigenvalue weighted by molar-refractivity contribution is 0.259. The number of aliphatic hydroxyl groups excluding tert-OH is 1. The average molecular weight is 461 g/mol. The molecule has 0 bridgehead atoms. The van der Waals surface area contributed by atoms with Gasteiger partial charge in [-0.05, 0) is 25.3 Å². The van der Waals surface area contributed by atoms with Crippen molar-refractivity contribution in [1.82, 2.24) is 9.97 Å². The molecule has 0 aliphatic heterocycles. The smallest absolute Gasteiger partial charge is 0.239 e. The first-order chi connectivity index (χ1) is 14.0. The number of nitrogens with zero attached hydrogens (tertiary/aromatic N) is 2. The Morgan fingerprint density at radius 2 is 1.90 bits per heavy atom. The van der Waals surface area contributed by atoms with Gasteiger partial charge in [-0.2, -0.15) is 4.98 Å². The summed E-state index contributed by atoms with van der Waals surface area (Å²) >= 11 is 1.13. The van der Waals surface area contributed by atoms with Crippen LogP contribution in [0.25, 0.3) is 0 Å². The minimum Gasteiger partial charge on any atom is -0.394 e. The molecule has 1 aromatic heterocycles. The average Bonchev–Trinajstić information content (AvgIpc) is 2.61. The number of benzene rings is 1. The molecule has 7 nitrogen and oxygen atoms in total. The Morgan fingerprint density at radius 3 is 2.50 bits per heavy atom. The summed E-state index contributed by atoms with van der Waals surface area (Å²) in [6.45, 7) is 5.58. The maximum Gasteiger partial charge on any atom is 0.239 e. The van der Waals surface area contributed by atoms with Gasteiger partial charge < -0.3 is 10.4 Å². The van der Waals surface area contributed by atoms with Gasteiger partial charge in [0.15, 0.2) is 11.6 Å². The molecule has 1 aromatic carbocycles. The van der Waals surface area contributed by atoms with E-state index in [2.05, 4.69) is 20.0 Å². The fraction of sp³-hybridized carbons (Fsp3) is 0.474. The number of halogens is 2. The molecular formula is C19H26F2N4O3S2. The molecule has 0 aliphatic carbocycles. The van der Waals surface area contributed by atoms with Crippen molar-refractivity contribution in [2.75, 3.05) is 22.9 Å². The molecule has 0 amide bonds. The molecule has 11 heteroatoms. The molecule has 2 atom stereocenters. The van der Waals surface area contributed by atoms with Crippen LogP contribution in [0.5, 0.6) is 0 Å². The van der Waals surface area contributed by atoms with Gasteiger partial charge in [-0.25, -0.2) is 22.2 Å². The van der Waals surface area contributed by atoms with Crippen LogP contribution >= 0.6 is 11.8 Å². The van der Waals surface area contributed by atoms with Gasteiger partial charge in [0, 0.05) is 16.9 Å². The predicted molar refractivity (Wildman–Crippen MR) is 115 cm³/mol. The SMILES string of the molecule is CC(C)C[C@H](CO)Nc1cc(S[C@@H](C)c2cccc(F)c2F)nc(NS(C)(=O)=O)n1. The van der Waals surface area contributed by atoms with Gasteiger partial charge in [0.2, 0.25) is 16.0 Å². The summed E-state index contributed by atoms with van der Waals surface area (Å²) in [4.78, 5) is 8.33. The molecule has 1 heterocycles. The van der Waals surface area contributed by atoms with Crippen molar-refractivity contribution in [3.05, 3.63) is 41.5 Å². The highest BCUT2D eigenvalue weighted by molar-refractivity contribution is 7.99. The fourth-order valence-electron chi connectivity index (χ4n) is 2.81. The second-order valence-corrected chi connectivity index (χ2v) is 10.5. The lowest BCUT2D eigenvalue weighted by Crippen LogP contribution is -2.26. The minimum absolute atomic E-state index is 0.135. The Hall–Kier alpha value is -1.98. The molecule has 3 N–H and O–H groups in total. The summed E-state index contributed by atoms with van der Waals surface area (Å²) < 4.78 is 53.2. The van der Waals surface area contributed by atoms with Crippen LogP contribution in [0.2, 0.25) is 0 Å². The van der Waals surface area contributed by atoms with Crippen molar-refractivity contribution in [2.24, 2.45) is 5.92 Å². The Bertz CT molecular complexity index is 974. The van der Waals surface area contributed by atoms with E-state index in [0.717, 1.165) is 24.1 Å². The molecule has 2 aromatic rings. The number of thioether (sulfide) groups is 1. The Labute approximate surface area is 179 Å². The lowest BCUT2D eigenvalue weighted by atomic mass is 10.0. The van der Waals surface area contributed by atoms with Gasteiger partial charge in [-0.15, -0.1) is 0 Å². The lowest BCUT2D eigenvalue weighted by Gasteiger charge is -2.20. The summed E-state index contributed by atoms with van der Waals surface area (Å²) in [5, 5.41) is 12.5. The number of aromatic nitrogens is 2. The van der Waals surface area contributed by atoms with Gasteiger partial charge >= 0.3 is 0 Å². The molecule has 0 fully saturated rings. The van der Waals surface area contributed by atoms with E-state index in [-0.39, 0.29) is 24.2 Å². The first-order valence-electron chi connectivity index (χ1n) is 9.33. The molecule has 0 aliphatic rings. The number of hydrogen-bond acceptors (Lipinski definition) is 7. The second-order valence-electron chi connectivity index (χ2n) is 7.35. The Balaban J connectivity index is 2.34. The summed E-state index contributed by atoms with van der Waals surface area (Å²) in [6, 6.07) is 5.24. The third-order valence-corrected chi connectivity index (χ3v) is 5.64. The molecule has 0 unspecified atom stereocenters. The third kappa shape index (κ3) is 7.37. The third-order valence-electron chi connectivity index (χ3n) is 4.02. The standard InChI is InChI=1S/C19H26F2N4O3S2/c1-11(2)8-13(10-26)22-16-9-17(24-19(23-16)25-30(4,27)28)29-12(3)14-6-5-7-15(20)18(14)21/h5-7,9,11-13,26H,8,10H2,1-4H3,(H2,22,23,24,25)/t12-,13+/m0/s1. The van der Waals surface area contributed by atoms with Gasteiger partial charge in [0.05, 0.1) is 18.9 Å². The molecule has 166 valence electrons. The van der Waals surface area contributed by atoms with E-state index in [9.17, 15) is 22.3 Å². The number of hydrogen-bond donors (Lipinski definition) is 3. The molecule has 0 saturated heterocycles. The van der Waals surface area contributed by atoms with Gasteiger partial charge in [0.25, 0.3) is 0 Å². The van der Waals surface area contributed by atoms with Crippen molar-refractivity contribution in [1.29, 1.82) is 0 Å². The van der Waals surface area contributed by atoms with Crippen molar-refractivity contribution in [3.8, 4) is 0 Å². The normalized spacial score (nSPS) is 13.9. The van der Waals surface area contributed by atoms with Crippen molar-refractivity contribution >= 4 is 33.6 Å². The van der Waals surface area contributed by atoms with E-state index in [0.29, 0.717) is 23.2 Å². The largest absolute Gasteiger partial charge is 0.394 e. The molecule has 0 spiro atoms. The Morgan fingerprint density at radius 1 is 1.20 bits per heavy atom. The topological polar surface area (TPSA) is 104 Å². The van der Waals surface area contributed by atoms with E-state index < -0.39 is 26.9 Å². The van der Waals surface area contributed by atoms with Crippen molar-refractivity contribution in [3.63, 3.8) is 0 Å². The second kappa shape index (κ2) is 10.4.